The van der Waals surface area contributed by atoms with Crippen LogP contribution in [0.4, 0.5) is 17.6 Å². The topological polar surface area (TPSA) is 15.3 Å². The second-order valence-corrected chi connectivity index (χ2v) is 6.41. The molecule has 2 heterocycles. The fourth-order valence-electron chi connectivity index (χ4n) is 2.94. The van der Waals surface area contributed by atoms with Crippen LogP contribution in [-0.2, 0) is 6.18 Å². The van der Waals surface area contributed by atoms with Crippen LogP contribution in [0.1, 0.15) is 22.0 Å². The fraction of sp³-hybridized carbons (Fsp3) is 0.375. The number of rotatable bonds is 3. The molecule has 1 atom stereocenters. The Kier molecular flexibility index (Phi) is 4.70. The van der Waals surface area contributed by atoms with Crippen molar-refractivity contribution in [3.05, 3.63) is 57.5 Å². The lowest BCUT2D eigenvalue weighted by Crippen LogP contribution is -2.45. The van der Waals surface area contributed by atoms with Crippen LogP contribution in [0.25, 0.3) is 0 Å². The van der Waals surface area contributed by atoms with Gasteiger partial charge in [0.2, 0.25) is 0 Å². The number of hydrogen-bond donors (Lipinski definition) is 1. The SMILES string of the molecule is Fc1ccc(C(F)(F)F)c([C@@H](c2cccs2)N2CCNCC2)c1. The second kappa shape index (κ2) is 6.59. The lowest BCUT2D eigenvalue weighted by Gasteiger charge is -2.35. The van der Waals surface area contributed by atoms with Gasteiger partial charge in [0.1, 0.15) is 5.82 Å². The predicted octanol–water partition coefficient (Wildman–Crippen LogP) is 3.90. The maximum absolute atomic E-state index is 13.7. The van der Waals surface area contributed by atoms with Gasteiger partial charge in [-0.3, -0.25) is 4.90 Å². The third kappa shape index (κ3) is 3.57. The van der Waals surface area contributed by atoms with Crippen LogP contribution in [-0.4, -0.2) is 31.1 Å². The van der Waals surface area contributed by atoms with Gasteiger partial charge in [-0.15, -0.1) is 11.3 Å². The molecule has 1 fully saturated rings. The Bertz CT molecular complexity index is 649. The Labute approximate surface area is 135 Å². The van der Waals surface area contributed by atoms with E-state index in [0.717, 1.165) is 23.1 Å². The van der Waals surface area contributed by atoms with Gasteiger partial charge in [-0.25, -0.2) is 4.39 Å². The van der Waals surface area contributed by atoms with Gasteiger partial charge >= 0.3 is 6.18 Å². The van der Waals surface area contributed by atoms with E-state index in [4.69, 9.17) is 0 Å². The van der Waals surface area contributed by atoms with Crippen molar-refractivity contribution in [2.24, 2.45) is 0 Å². The number of halogens is 4. The Morgan fingerprint density at radius 1 is 1.13 bits per heavy atom. The van der Waals surface area contributed by atoms with E-state index in [1.165, 1.54) is 11.3 Å². The Morgan fingerprint density at radius 3 is 2.48 bits per heavy atom. The molecule has 7 heteroatoms. The highest BCUT2D eigenvalue weighted by atomic mass is 32.1. The van der Waals surface area contributed by atoms with Gasteiger partial charge in [0.05, 0.1) is 11.6 Å². The minimum atomic E-state index is -4.51. The van der Waals surface area contributed by atoms with Crippen LogP contribution in [0, 0.1) is 5.82 Å². The molecule has 0 aliphatic carbocycles. The van der Waals surface area contributed by atoms with E-state index < -0.39 is 23.6 Å². The zero-order valence-corrected chi connectivity index (χ0v) is 13.1. The summed E-state index contributed by atoms with van der Waals surface area (Å²) in [5.74, 6) is -0.648. The summed E-state index contributed by atoms with van der Waals surface area (Å²) in [6.07, 6.45) is -4.51. The minimum Gasteiger partial charge on any atom is -0.314 e. The number of nitrogens with zero attached hydrogens (tertiary/aromatic N) is 1. The van der Waals surface area contributed by atoms with Crippen LogP contribution in [0.5, 0.6) is 0 Å². The number of hydrogen-bond acceptors (Lipinski definition) is 3. The molecule has 0 saturated carbocycles. The van der Waals surface area contributed by atoms with Crippen LogP contribution in [0.15, 0.2) is 35.7 Å². The smallest absolute Gasteiger partial charge is 0.314 e. The molecular formula is C16H16F4N2S. The van der Waals surface area contributed by atoms with E-state index >= 15 is 0 Å². The van der Waals surface area contributed by atoms with Gasteiger partial charge in [0.25, 0.3) is 0 Å². The first-order valence-electron chi connectivity index (χ1n) is 7.31. The molecule has 124 valence electrons. The number of benzene rings is 1. The minimum absolute atomic E-state index is 0.0122. The zero-order chi connectivity index (χ0) is 16.4. The van der Waals surface area contributed by atoms with Gasteiger partial charge in [-0.2, -0.15) is 13.2 Å². The Hall–Kier alpha value is -1.44. The third-order valence-electron chi connectivity index (χ3n) is 3.94. The molecule has 1 aromatic carbocycles. The maximum Gasteiger partial charge on any atom is 0.416 e. The Morgan fingerprint density at radius 2 is 1.87 bits per heavy atom. The molecule has 1 aliphatic rings. The van der Waals surface area contributed by atoms with Crippen molar-refractivity contribution in [1.29, 1.82) is 0 Å². The molecule has 0 unspecified atom stereocenters. The summed E-state index contributed by atoms with van der Waals surface area (Å²) in [6, 6.07) is 5.77. The largest absolute Gasteiger partial charge is 0.416 e. The highest BCUT2D eigenvalue weighted by Crippen LogP contribution is 2.40. The summed E-state index contributed by atoms with van der Waals surface area (Å²) in [7, 11) is 0. The van der Waals surface area contributed by atoms with Gasteiger partial charge in [-0.1, -0.05) is 6.07 Å². The fourth-order valence-corrected chi connectivity index (χ4v) is 3.81. The van der Waals surface area contributed by atoms with Gasteiger partial charge < -0.3 is 5.32 Å². The average molecular weight is 344 g/mol. The first-order chi connectivity index (χ1) is 11.0. The third-order valence-corrected chi connectivity index (χ3v) is 4.87. The summed E-state index contributed by atoms with van der Waals surface area (Å²) in [6.45, 7) is 2.66. The highest BCUT2D eigenvalue weighted by molar-refractivity contribution is 7.10. The van der Waals surface area contributed by atoms with Crippen molar-refractivity contribution in [2.75, 3.05) is 26.2 Å². The maximum atomic E-state index is 13.7. The van der Waals surface area contributed by atoms with E-state index in [-0.39, 0.29) is 5.56 Å². The molecule has 1 aromatic heterocycles. The first kappa shape index (κ1) is 16.4. The number of piperazine rings is 1. The van der Waals surface area contributed by atoms with E-state index in [2.05, 4.69) is 5.32 Å². The summed E-state index contributed by atoms with van der Waals surface area (Å²) in [4.78, 5) is 2.77. The monoisotopic (exact) mass is 344 g/mol. The van der Waals surface area contributed by atoms with Crippen LogP contribution in [0.2, 0.25) is 0 Å². The van der Waals surface area contributed by atoms with Crippen molar-refractivity contribution in [2.45, 2.75) is 12.2 Å². The van der Waals surface area contributed by atoms with Gasteiger partial charge in [0.15, 0.2) is 0 Å². The van der Waals surface area contributed by atoms with Crippen molar-refractivity contribution in [3.8, 4) is 0 Å². The summed E-state index contributed by atoms with van der Waals surface area (Å²) in [5, 5.41) is 5.02. The summed E-state index contributed by atoms with van der Waals surface area (Å²) < 4.78 is 53.9. The van der Waals surface area contributed by atoms with E-state index in [9.17, 15) is 17.6 Å². The molecular weight excluding hydrogens is 328 g/mol. The van der Waals surface area contributed by atoms with Crippen LogP contribution < -0.4 is 5.32 Å². The van der Waals surface area contributed by atoms with Crippen LogP contribution >= 0.6 is 11.3 Å². The quantitative estimate of drug-likeness (QED) is 0.850. The summed E-state index contributed by atoms with van der Waals surface area (Å²) >= 11 is 1.39. The molecule has 0 spiro atoms. The van der Waals surface area contributed by atoms with Crippen molar-refractivity contribution in [3.63, 3.8) is 0 Å². The standard InChI is InChI=1S/C16H16F4N2S/c17-11-3-4-13(16(18,19)20)12(10-11)15(14-2-1-9-23-14)22-7-5-21-6-8-22/h1-4,9-10,15,21H,5-8H2/t15-/m0/s1. The van der Waals surface area contributed by atoms with Crippen molar-refractivity contribution >= 4 is 11.3 Å². The molecule has 0 amide bonds. The summed E-state index contributed by atoms with van der Waals surface area (Å²) in [5.41, 5.74) is -0.780. The highest BCUT2D eigenvalue weighted by Gasteiger charge is 2.37. The van der Waals surface area contributed by atoms with Gasteiger partial charge in [-0.05, 0) is 35.2 Å². The molecule has 23 heavy (non-hydrogen) atoms. The molecule has 0 radical (unpaired) electrons. The molecule has 1 N–H and O–H groups in total. The number of thiophene rings is 1. The Balaban J connectivity index is 2.11. The number of alkyl halides is 3. The van der Waals surface area contributed by atoms with E-state index in [1.807, 2.05) is 22.4 Å². The van der Waals surface area contributed by atoms with E-state index in [0.29, 0.717) is 26.2 Å². The predicted molar refractivity (Wildman–Crippen MR) is 82.0 cm³/mol. The molecule has 2 nitrogen and oxygen atoms in total. The zero-order valence-electron chi connectivity index (χ0n) is 12.2. The first-order valence-corrected chi connectivity index (χ1v) is 8.19. The number of nitrogens with one attached hydrogen (secondary N) is 1. The molecule has 2 aromatic rings. The van der Waals surface area contributed by atoms with Crippen molar-refractivity contribution in [1.82, 2.24) is 10.2 Å². The second-order valence-electron chi connectivity index (χ2n) is 5.43. The van der Waals surface area contributed by atoms with Crippen LogP contribution in [0.3, 0.4) is 0 Å². The van der Waals surface area contributed by atoms with Gasteiger partial charge in [0, 0.05) is 31.1 Å². The van der Waals surface area contributed by atoms with E-state index in [1.54, 1.807) is 0 Å². The molecule has 1 aliphatic heterocycles. The van der Waals surface area contributed by atoms with Crippen molar-refractivity contribution < 1.29 is 17.6 Å². The molecule has 0 bridgehead atoms. The lowest BCUT2D eigenvalue weighted by atomic mass is 9.96. The normalized spacial score (nSPS) is 18.1. The lowest BCUT2D eigenvalue weighted by molar-refractivity contribution is -0.138. The average Bonchev–Trinajstić information content (AvgIpc) is 3.01. The molecule has 1 saturated heterocycles. The molecule has 3 rings (SSSR count).